The maximum absolute atomic E-state index is 11.5. The number of anilines is 1. The molecule has 0 saturated carbocycles. The van der Waals surface area contributed by atoms with Crippen LogP contribution in [-0.2, 0) is 4.74 Å². The van der Waals surface area contributed by atoms with E-state index < -0.39 is 5.97 Å². The second-order valence-corrected chi connectivity index (χ2v) is 3.52. The van der Waals surface area contributed by atoms with E-state index in [0.29, 0.717) is 12.4 Å². The SMILES string of the molecule is CCOC(=O)c1nc(-c2ccccc2NC)n[nH]1. The summed E-state index contributed by atoms with van der Waals surface area (Å²) in [5.41, 5.74) is 1.72. The predicted molar refractivity (Wildman–Crippen MR) is 67.3 cm³/mol. The molecule has 2 rings (SSSR count). The van der Waals surface area contributed by atoms with Gasteiger partial charge in [0, 0.05) is 18.3 Å². The Hall–Kier alpha value is -2.37. The van der Waals surface area contributed by atoms with Crippen molar-refractivity contribution in [3.05, 3.63) is 30.1 Å². The van der Waals surface area contributed by atoms with E-state index in [1.54, 1.807) is 6.92 Å². The van der Waals surface area contributed by atoms with Crippen LogP contribution < -0.4 is 5.32 Å². The Morgan fingerprint density at radius 3 is 2.94 bits per heavy atom. The van der Waals surface area contributed by atoms with Gasteiger partial charge < -0.3 is 10.1 Å². The Labute approximate surface area is 104 Å². The van der Waals surface area contributed by atoms with E-state index in [0.717, 1.165) is 11.3 Å². The molecule has 0 atom stereocenters. The van der Waals surface area contributed by atoms with Crippen LogP contribution in [0, 0.1) is 0 Å². The smallest absolute Gasteiger partial charge is 0.375 e. The third-order valence-corrected chi connectivity index (χ3v) is 2.39. The number of carbonyl (C=O) groups excluding carboxylic acids is 1. The summed E-state index contributed by atoms with van der Waals surface area (Å²) in [5.74, 6) is 0.0685. The monoisotopic (exact) mass is 246 g/mol. The van der Waals surface area contributed by atoms with Crippen molar-refractivity contribution < 1.29 is 9.53 Å². The lowest BCUT2D eigenvalue weighted by Gasteiger charge is -2.04. The maximum atomic E-state index is 11.5. The summed E-state index contributed by atoms with van der Waals surface area (Å²) in [7, 11) is 1.82. The van der Waals surface area contributed by atoms with Crippen LogP contribution in [0.25, 0.3) is 11.4 Å². The summed E-state index contributed by atoms with van der Waals surface area (Å²) in [6.45, 7) is 2.05. The number of H-pyrrole nitrogens is 1. The van der Waals surface area contributed by atoms with Crippen LogP contribution in [0.5, 0.6) is 0 Å². The molecule has 0 aliphatic heterocycles. The van der Waals surface area contributed by atoms with Crippen LogP contribution in [0.1, 0.15) is 17.5 Å². The first kappa shape index (κ1) is 12.1. The number of hydrogen-bond donors (Lipinski definition) is 2. The van der Waals surface area contributed by atoms with Crippen LogP contribution in [0.15, 0.2) is 24.3 Å². The second kappa shape index (κ2) is 5.31. The third kappa shape index (κ3) is 2.32. The van der Waals surface area contributed by atoms with Crippen molar-refractivity contribution in [3.63, 3.8) is 0 Å². The lowest BCUT2D eigenvalue weighted by atomic mass is 10.1. The minimum atomic E-state index is -0.502. The molecule has 18 heavy (non-hydrogen) atoms. The quantitative estimate of drug-likeness (QED) is 0.802. The summed E-state index contributed by atoms with van der Waals surface area (Å²) in [4.78, 5) is 15.6. The Morgan fingerprint density at radius 1 is 1.44 bits per heavy atom. The zero-order valence-electron chi connectivity index (χ0n) is 10.2. The summed E-state index contributed by atoms with van der Waals surface area (Å²) in [6, 6.07) is 7.59. The highest BCUT2D eigenvalue weighted by Crippen LogP contribution is 2.24. The molecular formula is C12H14N4O2. The Kier molecular flexibility index (Phi) is 3.57. The third-order valence-electron chi connectivity index (χ3n) is 2.39. The average Bonchev–Trinajstić information content (AvgIpc) is 2.88. The van der Waals surface area contributed by atoms with Gasteiger partial charge in [0.25, 0.3) is 0 Å². The van der Waals surface area contributed by atoms with Crippen LogP contribution in [0.4, 0.5) is 5.69 Å². The van der Waals surface area contributed by atoms with Crippen molar-refractivity contribution >= 4 is 11.7 Å². The number of aromatic amines is 1. The van der Waals surface area contributed by atoms with E-state index >= 15 is 0 Å². The van der Waals surface area contributed by atoms with Gasteiger partial charge in [-0.3, -0.25) is 5.10 Å². The number of para-hydroxylation sites is 1. The zero-order chi connectivity index (χ0) is 13.0. The van der Waals surface area contributed by atoms with Crippen molar-refractivity contribution in [3.8, 4) is 11.4 Å². The van der Waals surface area contributed by atoms with Gasteiger partial charge in [0.1, 0.15) is 0 Å². The normalized spacial score (nSPS) is 10.1. The summed E-state index contributed by atoms with van der Waals surface area (Å²) >= 11 is 0. The summed E-state index contributed by atoms with van der Waals surface area (Å²) in [5, 5.41) is 9.65. The molecule has 2 aromatic rings. The first-order valence-corrected chi connectivity index (χ1v) is 5.63. The van der Waals surface area contributed by atoms with Crippen LogP contribution in [0.2, 0.25) is 0 Å². The van der Waals surface area contributed by atoms with Gasteiger partial charge in [0.2, 0.25) is 5.82 Å². The molecular weight excluding hydrogens is 232 g/mol. The zero-order valence-corrected chi connectivity index (χ0v) is 10.2. The van der Waals surface area contributed by atoms with Crippen molar-refractivity contribution in [1.29, 1.82) is 0 Å². The molecule has 94 valence electrons. The molecule has 1 heterocycles. The highest BCUT2D eigenvalue weighted by Gasteiger charge is 2.15. The molecule has 0 fully saturated rings. The first-order valence-electron chi connectivity index (χ1n) is 5.63. The first-order chi connectivity index (χ1) is 8.76. The number of ether oxygens (including phenoxy) is 1. The number of rotatable bonds is 4. The van der Waals surface area contributed by atoms with E-state index in [2.05, 4.69) is 20.5 Å². The number of nitrogens with one attached hydrogen (secondary N) is 2. The number of benzene rings is 1. The molecule has 0 bridgehead atoms. The summed E-state index contributed by atoms with van der Waals surface area (Å²) < 4.78 is 4.85. The molecule has 0 saturated heterocycles. The van der Waals surface area contributed by atoms with Gasteiger partial charge in [0.15, 0.2) is 5.82 Å². The van der Waals surface area contributed by atoms with E-state index in [1.807, 2.05) is 31.3 Å². The standard InChI is InChI=1S/C12H14N4O2/c1-3-18-12(17)11-14-10(15-16-11)8-6-4-5-7-9(8)13-2/h4-7,13H,3H2,1-2H3,(H,14,15,16). The Morgan fingerprint density at radius 2 is 2.22 bits per heavy atom. The molecule has 0 aliphatic rings. The van der Waals surface area contributed by atoms with Crippen LogP contribution in [-0.4, -0.2) is 34.8 Å². The van der Waals surface area contributed by atoms with Gasteiger partial charge in [-0.2, -0.15) is 5.10 Å². The van der Waals surface area contributed by atoms with Gasteiger partial charge in [-0.05, 0) is 19.1 Å². The highest BCUT2D eigenvalue weighted by molar-refractivity contribution is 5.86. The number of esters is 1. The van der Waals surface area contributed by atoms with Crippen molar-refractivity contribution in [2.45, 2.75) is 6.92 Å². The second-order valence-electron chi connectivity index (χ2n) is 3.52. The van der Waals surface area contributed by atoms with Gasteiger partial charge in [-0.1, -0.05) is 12.1 Å². The lowest BCUT2D eigenvalue weighted by Crippen LogP contribution is -2.06. The average molecular weight is 246 g/mol. The maximum Gasteiger partial charge on any atom is 0.375 e. The molecule has 6 heteroatoms. The lowest BCUT2D eigenvalue weighted by molar-refractivity contribution is 0.0512. The number of hydrogen-bond acceptors (Lipinski definition) is 5. The molecule has 1 aromatic carbocycles. The van der Waals surface area contributed by atoms with E-state index in [9.17, 15) is 4.79 Å². The van der Waals surface area contributed by atoms with E-state index in [-0.39, 0.29) is 5.82 Å². The van der Waals surface area contributed by atoms with Gasteiger partial charge >= 0.3 is 5.97 Å². The molecule has 0 spiro atoms. The highest BCUT2D eigenvalue weighted by atomic mass is 16.5. The Balaban J connectivity index is 2.32. The molecule has 0 amide bonds. The van der Waals surface area contributed by atoms with Crippen LogP contribution in [0.3, 0.4) is 0 Å². The van der Waals surface area contributed by atoms with Crippen LogP contribution >= 0.6 is 0 Å². The minimum absolute atomic E-state index is 0.109. The van der Waals surface area contributed by atoms with Crippen molar-refractivity contribution in [2.75, 3.05) is 19.0 Å². The Bertz CT molecular complexity index is 551. The molecule has 1 aromatic heterocycles. The molecule has 0 radical (unpaired) electrons. The minimum Gasteiger partial charge on any atom is -0.460 e. The van der Waals surface area contributed by atoms with Gasteiger partial charge in [-0.15, -0.1) is 0 Å². The fraction of sp³-hybridized carbons (Fsp3) is 0.250. The number of carbonyl (C=O) groups is 1. The molecule has 0 aliphatic carbocycles. The largest absolute Gasteiger partial charge is 0.460 e. The van der Waals surface area contributed by atoms with Gasteiger partial charge in [0.05, 0.1) is 6.61 Å². The fourth-order valence-corrected chi connectivity index (χ4v) is 1.57. The van der Waals surface area contributed by atoms with E-state index in [4.69, 9.17) is 4.74 Å². The molecule has 6 nitrogen and oxygen atoms in total. The molecule has 0 unspecified atom stereocenters. The summed E-state index contributed by atoms with van der Waals surface area (Å²) in [6.07, 6.45) is 0. The van der Waals surface area contributed by atoms with Gasteiger partial charge in [-0.25, -0.2) is 9.78 Å². The van der Waals surface area contributed by atoms with E-state index in [1.165, 1.54) is 0 Å². The predicted octanol–water partition coefficient (Wildman–Crippen LogP) is 1.69. The topological polar surface area (TPSA) is 79.9 Å². The number of aromatic nitrogens is 3. The van der Waals surface area contributed by atoms with Crippen molar-refractivity contribution in [2.24, 2.45) is 0 Å². The van der Waals surface area contributed by atoms with Crippen molar-refractivity contribution in [1.82, 2.24) is 15.2 Å². The molecule has 2 N–H and O–H groups in total. The number of nitrogens with zero attached hydrogens (tertiary/aromatic N) is 2. The fourth-order valence-electron chi connectivity index (χ4n) is 1.57.